The molecule has 3 heteroatoms. The third-order valence-corrected chi connectivity index (χ3v) is 2.81. The predicted octanol–water partition coefficient (Wildman–Crippen LogP) is 3.12. The number of hydrogen-bond acceptors (Lipinski definition) is 2. The molecule has 0 bridgehead atoms. The van der Waals surface area contributed by atoms with Crippen molar-refractivity contribution in [2.24, 2.45) is 4.99 Å². The van der Waals surface area contributed by atoms with E-state index in [1.165, 1.54) is 0 Å². The molecule has 0 amide bonds. The number of aliphatic imine (C=N–C) groups is 1. The number of hydrogen-bond donors (Lipinski definition) is 2. The summed E-state index contributed by atoms with van der Waals surface area (Å²) in [6.07, 6.45) is 7.50. The highest BCUT2D eigenvalue weighted by Crippen LogP contribution is 2.30. The maximum atomic E-state index is 9.61. The second-order valence-corrected chi connectivity index (χ2v) is 4.03. The van der Waals surface area contributed by atoms with E-state index in [1.807, 2.05) is 42.6 Å². The number of rotatable bonds is 2. The molecule has 1 aliphatic heterocycles. The Kier molecular flexibility index (Phi) is 2.57. The van der Waals surface area contributed by atoms with Crippen LogP contribution in [0, 0.1) is 0 Å². The molecular formula is C15H12N2O. The van der Waals surface area contributed by atoms with Crippen molar-refractivity contribution >= 4 is 11.8 Å². The van der Waals surface area contributed by atoms with Gasteiger partial charge in [-0.05, 0) is 42.0 Å². The Hall–Kier alpha value is -2.55. The minimum Gasteiger partial charge on any atom is -0.508 e. The van der Waals surface area contributed by atoms with Crippen LogP contribution in [-0.2, 0) is 0 Å². The van der Waals surface area contributed by atoms with Gasteiger partial charge in [0.25, 0.3) is 0 Å². The Bertz CT molecular complexity index is 635. The maximum absolute atomic E-state index is 9.61. The third kappa shape index (κ3) is 1.86. The van der Waals surface area contributed by atoms with Gasteiger partial charge < -0.3 is 10.1 Å². The lowest BCUT2D eigenvalue weighted by Crippen LogP contribution is -1.91. The Morgan fingerprint density at radius 3 is 2.78 bits per heavy atom. The van der Waals surface area contributed by atoms with Crippen molar-refractivity contribution in [2.45, 2.75) is 0 Å². The van der Waals surface area contributed by atoms with Crippen LogP contribution in [-0.4, -0.2) is 16.3 Å². The molecule has 2 N–H and O–H groups in total. The van der Waals surface area contributed by atoms with Crippen molar-refractivity contribution in [3.8, 4) is 5.75 Å². The maximum Gasteiger partial charge on any atom is 0.116 e. The first-order valence-corrected chi connectivity index (χ1v) is 5.73. The van der Waals surface area contributed by atoms with Crippen LogP contribution in [0.4, 0.5) is 0 Å². The number of nitrogens with one attached hydrogen (secondary N) is 1. The van der Waals surface area contributed by atoms with Crippen LogP contribution in [0.25, 0.3) is 5.57 Å². The Morgan fingerprint density at radius 2 is 2.11 bits per heavy atom. The summed E-state index contributed by atoms with van der Waals surface area (Å²) in [5, 5.41) is 9.61. The van der Waals surface area contributed by atoms with Crippen molar-refractivity contribution in [2.75, 3.05) is 0 Å². The van der Waals surface area contributed by atoms with E-state index in [0.717, 1.165) is 22.5 Å². The largest absolute Gasteiger partial charge is 0.508 e. The van der Waals surface area contributed by atoms with Gasteiger partial charge in [0.1, 0.15) is 5.75 Å². The first-order valence-electron chi connectivity index (χ1n) is 5.73. The normalized spacial score (nSPS) is 16.2. The van der Waals surface area contributed by atoms with Gasteiger partial charge in [-0.1, -0.05) is 12.1 Å². The number of H-pyrrole nitrogens is 1. The number of benzene rings is 1. The van der Waals surface area contributed by atoms with E-state index in [2.05, 4.69) is 9.98 Å². The summed E-state index contributed by atoms with van der Waals surface area (Å²) in [4.78, 5) is 7.52. The van der Waals surface area contributed by atoms with Crippen LogP contribution in [0.15, 0.2) is 65.4 Å². The van der Waals surface area contributed by atoms with Crippen molar-refractivity contribution in [3.63, 3.8) is 0 Å². The Morgan fingerprint density at radius 1 is 1.17 bits per heavy atom. The molecular weight excluding hydrogens is 224 g/mol. The molecule has 2 aromatic rings. The zero-order valence-corrected chi connectivity index (χ0v) is 9.67. The highest BCUT2D eigenvalue weighted by molar-refractivity contribution is 5.88. The number of aromatic nitrogens is 1. The SMILES string of the molecule is Oc1cccc(/C(=C2\C=CC=N2)c2ccc[nH]2)c1. The fourth-order valence-electron chi connectivity index (χ4n) is 2.04. The summed E-state index contributed by atoms with van der Waals surface area (Å²) >= 11 is 0. The average molecular weight is 236 g/mol. The van der Waals surface area contributed by atoms with Crippen LogP contribution in [0.5, 0.6) is 5.75 Å². The molecule has 0 radical (unpaired) electrons. The molecule has 0 fully saturated rings. The van der Waals surface area contributed by atoms with Crippen LogP contribution in [0.3, 0.4) is 0 Å². The first-order chi connectivity index (χ1) is 8.84. The zero-order valence-electron chi connectivity index (χ0n) is 9.67. The minimum absolute atomic E-state index is 0.253. The molecule has 0 saturated heterocycles. The smallest absolute Gasteiger partial charge is 0.116 e. The van der Waals surface area contributed by atoms with Crippen molar-refractivity contribution in [3.05, 3.63) is 71.7 Å². The molecule has 88 valence electrons. The van der Waals surface area contributed by atoms with E-state index in [-0.39, 0.29) is 5.75 Å². The summed E-state index contributed by atoms with van der Waals surface area (Å²) in [6.45, 7) is 0. The lowest BCUT2D eigenvalue weighted by Gasteiger charge is -2.08. The molecule has 18 heavy (non-hydrogen) atoms. The number of phenolic OH excluding ortho intramolecular Hbond substituents is 1. The van der Waals surface area contributed by atoms with Crippen molar-refractivity contribution in [1.29, 1.82) is 0 Å². The topological polar surface area (TPSA) is 48.4 Å². The number of nitrogens with zero attached hydrogens (tertiary/aromatic N) is 1. The van der Waals surface area contributed by atoms with Gasteiger partial charge >= 0.3 is 0 Å². The molecule has 0 saturated carbocycles. The lowest BCUT2D eigenvalue weighted by atomic mass is 10.0. The molecule has 0 unspecified atom stereocenters. The van der Waals surface area contributed by atoms with Crippen LogP contribution >= 0.6 is 0 Å². The number of phenols is 1. The van der Waals surface area contributed by atoms with Crippen molar-refractivity contribution < 1.29 is 5.11 Å². The highest BCUT2D eigenvalue weighted by Gasteiger charge is 2.12. The fourth-order valence-corrected chi connectivity index (χ4v) is 2.04. The summed E-state index contributed by atoms with van der Waals surface area (Å²) in [5.74, 6) is 0.253. The fraction of sp³-hybridized carbons (Fsp3) is 0. The van der Waals surface area contributed by atoms with Crippen LogP contribution in [0.2, 0.25) is 0 Å². The van der Waals surface area contributed by atoms with Gasteiger partial charge in [0.05, 0.1) is 5.70 Å². The van der Waals surface area contributed by atoms with Crippen LogP contribution < -0.4 is 0 Å². The van der Waals surface area contributed by atoms with Gasteiger partial charge in [0, 0.05) is 23.7 Å². The summed E-state index contributed by atoms with van der Waals surface area (Å²) in [6, 6.07) is 11.1. The second kappa shape index (κ2) is 4.37. The molecule has 1 aliphatic rings. The summed E-state index contributed by atoms with van der Waals surface area (Å²) in [5.41, 5.74) is 3.81. The summed E-state index contributed by atoms with van der Waals surface area (Å²) < 4.78 is 0. The number of aromatic hydroxyl groups is 1. The lowest BCUT2D eigenvalue weighted by molar-refractivity contribution is 0.475. The Labute approximate surface area is 105 Å². The highest BCUT2D eigenvalue weighted by atomic mass is 16.3. The molecule has 0 aliphatic carbocycles. The molecule has 0 atom stereocenters. The Balaban J connectivity index is 2.21. The van der Waals surface area contributed by atoms with E-state index in [4.69, 9.17) is 0 Å². The molecule has 1 aromatic heterocycles. The first kappa shape index (κ1) is 10.6. The van der Waals surface area contributed by atoms with Gasteiger partial charge in [-0.25, -0.2) is 0 Å². The monoisotopic (exact) mass is 236 g/mol. The molecule has 3 nitrogen and oxygen atoms in total. The van der Waals surface area contributed by atoms with Gasteiger partial charge in [-0.15, -0.1) is 0 Å². The van der Waals surface area contributed by atoms with Gasteiger partial charge in [-0.3, -0.25) is 4.99 Å². The molecule has 0 spiro atoms. The van der Waals surface area contributed by atoms with E-state index in [1.54, 1.807) is 18.3 Å². The van der Waals surface area contributed by atoms with E-state index in [9.17, 15) is 5.11 Å². The van der Waals surface area contributed by atoms with Gasteiger partial charge in [0.15, 0.2) is 0 Å². The quantitative estimate of drug-likeness (QED) is 0.826. The van der Waals surface area contributed by atoms with E-state index >= 15 is 0 Å². The van der Waals surface area contributed by atoms with E-state index < -0.39 is 0 Å². The minimum atomic E-state index is 0.253. The second-order valence-electron chi connectivity index (χ2n) is 4.03. The summed E-state index contributed by atoms with van der Waals surface area (Å²) in [7, 11) is 0. The molecule has 2 heterocycles. The standard InChI is InChI=1S/C15H12N2O/c18-12-5-1-4-11(10-12)15(13-6-2-8-16-13)14-7-3-9-17-14/h1-10,16,18H/b15-14-. The number of aromatic amines is 1. The van der Waals surface area contributed by atoms with Crippen molar-refractivity contribution in [1.82, 2.24) is 4.98 Å². The zero-order chi connectivity index (χ0) is 12.4. The van der Waals surface area contributed by atoms with Gasteiger partial charge in [0.2, 0.25) is 0 Å². The molecule has 3 rings (SSSR count). The number of allylic oxidation sites excluding steroid dienone is 2. The van der Waals surface area contributed by atoms with Crippen LogP contribution in [0.1, 0.15) is 11.3 Å². The van der Waals surface area contributed by atoms with E-state index in [0.29, 0.717) is 0 Å². The molecule has 1 aromatic carbocycles. The predicted molar refractivity (Wildman–Crippen MR) is 72.6 cm³/mol. The third-order valence-electron chi connectivity index (χ3n) is 2.81. The van der Waals surface area contributed by atoms with Gasteiger partial charge in [-0.2, -0.15) is 0 Å². The average Bonchev–Trinajstić information content (AvgIpc) is 3.02.